The molecule has 1 aliphatic heterocycles. The Kier molecular flexibility index (Phi) is 5.44. The van der Waals surface area contributed by atoms with Gasteiger partial charge in [-0.2, -0.15) is 11.8 Å². The molecule has 0 aromatic carbocycles. The number of thioether (sulfide) groups is 1. The van der Waals surface area contributed by atoms with Gasteiger partial charge in [-0.25, -0.2) is 0 Å². The van der Waals surface area contributed by atoms with Crippen LogP contribution >= 0.6 is 11.8 Å². The third kappa shape index (κ3) is 5.23. The Labute approximate surface area is 98.5 Å². The molecular formula is C12H25NOS. The van der Waals surface area contributed by atoms with Gasteiger partial charge in [0, 0.05) is 17.9 Å². The molecule has 0 spiro atoms. The fourth-order valence-corrected chi connectivity index (χ4v) is 2.37. The van der Waals surface area contributed by atoms with E-state index in [0.29, 0.717) is 6.04 Å². The summed E-state index contributed by atoms with van der Waals surface area (Å²) in [5.74, 6) is 0. The summed E-state index contributed by atoms with van der Waals surface area (Å²) < 4.78 is 5.70. The van der Waals surface area contributed by atoms with E-state index in [0.717, 1.165) is 31.2 Å². The Bertz CT molecular complexity index is 184. The molecule has 15 heavy (non-hydrogen) atoms. The monoisotopic (exact) mass is 231 g/mol. The van der Waals surface area contributed by atoms with E-state index in [-0.39, 0.29) is 5.60 Å². The summed E-state index contributed by atoms with van der Waals surface area (Å²) in [6, 6.07) is 0.655. The first kappa shape index (κ1) is 13.3. The van der Waals surface area contributed by atoms with Crippen molar-refractivity contribution in [3.8, 4) is 0 Å². The van der Waals surface area contributed by atoms with Gasteiger partial charge in [-0.3, -0.25) is 0 Å². The molecule has 1 rings (SSSR count). The minimum atomic E-state index is 0.0705. The van der Waals surface area contributed by atoms with Crippen LogP contribution in [-0.2, 0) is 4.74 Å². The normalized spacial score (nSPS) is 27.6. The van der Waals surface area contributed by atoms with Crippen molar-refractivity contribution in [2.45, 2.75) is 56.9 Å². The molecule has 1 fully saturated rings. The largest absolute Gasteiger partial charge is 0.375 e. The second-order valence-electron chi connectivity index (χ2n) is 5.09. The van der Waals surface area contributed by atoms with Gasteiger partial charge in [0.25, 0.3) is 0 Å². The van der Waals surface area contributed by atoms with Gasteiger partial charge in [0.1, 0.15) is 0 Å². The van der Waals surface area contributed by atoms with Crippen molar-refractivity contribution in [2.75, 3.05) is 19.4 Å². The standard InChI is InChI=1S/C12H25NOS/c1-10(15-4)5-7-13-11-6-8-14-12(2,3)9-11/h10-11,13H,5-9H2,1-4H3. The average Bonchev–Trinajstić information content (AvgIpc) is 2.16. The predicted octanol–water partition coefficient (Wildman–Crippen LogP) is 2.68. The van der Waals surface area contributed by atoms with E-state index in [9.17, 15) is 0 Å². The summed E-state index contributed by atoms with van der Waals surface area (Å²) in [4.78, 5) is 0. The lowest BCUT2D eigenvalue weighted by Gasteiger charge is -2.36. The number of hydrogen-bond donors (Lipinski definition) is 1. The summed E-state index contributed by atoms with van der Waals surface area (Å²) in [6.45, 7) is 8.71. The van der Waals surface area contributed by atoms with Crippen LogP contribution in [0.25, 0.3) is 0 Å². The first-order valence-corrected chi connectivity index (χ1v) is 7.22. The van der Waals surface area contributed by atoms with Crippen molar-refractivity contribution < 1.29 is 4.74 Å². The highest BCUT2D eigenvalue weighted by Gasteiger charge is 2.28. The third-order valence-electron chi connectivity index (χ3n) is 3.08. The summed E-state index contributed by atoms with van der Waals surface area (Å²) in [5.41, 5.74) is 0.0705. The highest BCUT2D eigenvalue weighted by atomic mass is 32.2. The van der Waals surface area contributed by atoms with Crippen LogP contribution in [0, 0.1) is 0 Å². The van der Waals surface area contributed by atoms with Crippen LogP contribution in [0.3, 0.4) is 0 Å². The van der Waals surface area contributed by atoms with Gasteiger partial charge < -0.3 is 10.1 Å². The van der Waals surface area contributed by atoms with Gasteiger partial charge in [0.2, 0.25) is 0 Å². The van der Waals surface area contributed by atoms with Crippen LogP contribution in [0.15, 0.2) is 0 Å². The van der Waals surface area contributed by atoms with E-state index < -0.39 is 0 Å². The molecule has 1 heterocycles. The molecule has 0 aromatic heterocycles. The zero-order valence-electron chi connectivity index (χ0n) is 10.5. The Morgan fingerprint density at radius 3 is 2.87 bits per heavy atom. The molecule has 90 valence electrons. The number of ether oxygens (including phenoxy) is 1. The molecule has 1 N–H and O–H groups in total. The molecule has 2 unspecified atom stereocenters. The molecule has 3 heteroatoms. The maximum Gasteiger partial charge on any atom is 0.0641 e. The Hall–Kier alpha value is 0.270. The van der Waals surface area contributed by atoms with Crippen LogP contribution < -0.4 is 5.32 Å². The van der Waals surface area contributed by atoms with Gasteiger partial charge >= 0.3 is 0 Å². The maximum absolute atomic E-state index is 5.70. The van der Waals surface area contributed by atoms with Gasteiger partial charge in [0.15, 0.2) is 0 Å². The zero-order chi connectivity index (χ0) is 11.3. The van der Waals surface area contributed by atoms with E-state index in [2.05, 4.69) is 32.3 Å². The van der Waals surface area contributed by atoms with E-state index in [4.69, 9.17) is 4.74 Å². The molecule has 0 aromatic rings. The van der Waals surface area contributed by atoms with Crippen LogP contribution in [0.5, 0.6) is 0 Å². The van der Waals surface area contributed by atoms with Crippen molar-refractivity contribution in [3.63, 3.8) is 0 Å². The Balaban J connectivity index is 2.16. The minimum absolute atomic E-state index is 0.0705. The van der Waals surface area contributed by atoms with Gasteiger partial charge in [-0.05, 0) is 45.9 Å². The lowest BCUT2D eigenvalue weighted by Crippen LogP contribution is -2.44. The van der Waals surface area contributed by atoms with Crippen molar-refractivity contribution in [3.05, 3.63) is 0 Å². The van der Waals surface area contributed by atoms with E-state index >= 15 is 0 Å². The second kappa shape index (κ2) is 6.12. The lowest BCUT2D eigenvalue weighted by molar-refractivity contribution is -0.0627. The first-order valence-electron chi connectivity index (χ1n) is 5.93. The van der Waals surface area contributed by atoms with Crippen LogP contribution in [0.4, 0.5) is 0 Å². The molecule has 0 radical (unpaired) electrons. The summed E-state index contributed by atoms with van der Waals surface area (Å²) in [5, 5.41) is 4.42. The van der Waals surface area contributed by atoms with Crippen LogP contribution in [0.2, 0.25) is 0 Å². The van der Waals surface area contributed by atoms with E-state index in [1.165, 1.54) is 6.42 Å². The van der Waals surface area contributed by atoms with E-state index in [1.54, 1.807) is 0 Å². The third-order valence-corrected chi connectivity index (χ3v) is 4.12. The first-order chi connectivity index (χ1) is 7.03. The van der Waals surface area contributed by atoms with Crippen molar-refractivity contribution in [2.24, 2.45) is 0 Å². The fraction of sp³-hybridized carbons (Fsp3) is 1.00. The van der Waals surface area contributed by atoms with Crippen LogP contribution in [0.1, 0.15) is 40.0 Å². The highest BCUT2D eigenvalue weighted by molar-refractivity contribution is 7.99. The van der Waals surface area contributed by atoms with Gasteiger partial charge in [0.05, 0.1) is 5.60 Å². The number of nitrogens with one attached hydrogen (secondary N) is 1. The van der Waals surface area contributed by atoms with Crippen molar-refractivity contribution in [1.29, 1.82) is 0 Å². The predicted molar refractivity (Wildman–Crippen MR) is 68.6 cm³/mol. The van der Waals surface area contributed by atoms with Gasteiger partial charge in [-0.1, -0.05) is 6.92 Å². The molecule has 0 amide bonds. The smallest absolute Gasteiger partial charge is 0.0641 e. The second-order valence-corrected chi connectivity index (χ2v) is 6.36. The van der Waals surface area contributed by atoms with Crippen molar-refractivity contribution in [1.82, 2.24) is 5.32 Å². The fourth-order valence-electron chi connectivity index (χ4n) is 2.01. The molecule has 1 aliphatic rings. The molecule has 1 saturated heterocycles. The molecule has 0 bridgehead atoms. The maximum atomic E-state index is 5.70. The minimum Gasteiger partial charge on any atom is -0.375 e. The van der Waals surface area contributed by atoms with Crippen molar-refractivity contribution >= 4 is 11.8 Å². The molecule has 2 atom stereocenters. The number of hydrogen-bond acceptors (Lipinski definition) is 3. The Morgan fingerprint density at radius 2 is 2.27 bits per heavy atom. The molecule has 0 saturated carbocycles. The average molecular weight is 231 g/mol. The van der Waals surface area contributed by atoms with E-state index in [1.807, 2.05) is 11.8 Å². The summed E-state index contributed by atoms with van der Waals surface area (Å²) in [6.07, 6.45) is 5.75. The summed E-state index contributed by atoms with van der Waals surface area (Å²) >= 11 is 1.95. The topological polar surface area (TPSA) is 21.3 Å². The quantitative estimate of drug-likeness (QED) is 0.786. The zero-order valence-corrected chi connectivity index (χ0v) is 11.3. The van der Waals surface area contributed by atoms with Crippen LogP contribution in [-0.4, -0.2) is 36.3 Å². The number of rotatable bonds is 5. The van der Waals surface area contributed by atoms with Gasteiger partial charge in [-0.15, -0.1) is 0 Å². The Morgan fingerprint density at radius 1 is 1.53 bits per heavy atom. The lowest BCUT2D eigenvalue weighted by atomic mass is 9.94. The SMILES string of the molecule is CSC(C)CCNC1CCOC(C)(C)C1. The highest BCUT2D eigenvalue weighted by Crippen LogP contribution is 2.23. The molecule has 2 nitrogen and oxygen atoms in total. The molecular weight excluding hydrogens is 206 g/mol. The molecule has 0 aliphatic carbocycles. The summed E-state index contributed by atoms with van der Waals surface area (Å²) in [7, 11) is 0.